The third-order valence-electron chi connectivity index (χ3n) is 2.82. The third-order valence-corrected chi connectivity index (χ3v) is 2.82. The SMILES string of the molecule is CCCCC(NC(=O)C(CC)CC)C(=O)O. The molecule has 0 aromatic rings. The minimum Gasteiger partial charge on any atom is -0.480 e. The normalized spacial score (nSPS) is 12.5. The number of carboxylic acid groups (broad SMARTS) is 1. The molecule has 0 rings (SSSR count). The van der Waals surface area contributed by atoms with Crippen molar-refractivity contribution in [2.24, 2.45) is 5.92 Å². The maximum atomic E-state index is 11.7. The predicted octanol–water partition coefficient (Wildman–Crippen LogP) is 2.18. The van der Waals surface area contributed by atoms with Crippen LogP contribution in [0.2, 0.25) is 0 Å². The Hall–Kier alpha value is -1.06. The van der Waals surface area contributed by atoms with E-state index in [-0.39, 0.29) is 11.8 Å². The molecule has 0 aromatic heterocycles. The summed E-state index contributed by atoms with van der Waals surface area (Å²) in [4.78, 5) is 22.6. The second-order valence-corrected chi connectivity index (χ2v) is 4.06. The molecule has 0 aliphatic carbocycles. The number of hydrogen-bond acceptors (Lipinski definition) is 2. The number of carbonyl (C=O) groups is 2. The lowest BCUT2D eigenvalue weighted by molar-refractivity contribution is -0.142. The number of rotatable bonds is 8. The van der Waals surface area contributed by atoms with E-state index >= 15 is 0 Å². The van der Waals surface area contributed by atoms with Gasteiger partial charge >= 0.3 is 5.97 Å². The smallest absolute Gasteiger partial charge is 0.326 e. The molecule has 1 amide bonds. The first kappa shape index (κ1) is 14.9. The fraction of sp³-hybridized carbons (Fsp3) is 0.833. The van der Waals surface area contributed by atoms with Crippen molar-refractivity contribution < 1.29 is 14.7 Å². The maximum absolute atomic E-state index is 11.7. The Morgan fingerprint density at radius 3 is 2.12 bits per heavy atom. The Kier molecular flexibility index (Phi) is 7.60. The monoisotopic (exact) mass is 229 g/mol. The van der Waals surface area contributed by atoms with Crippen molar-refractivity contribution in [3.05, 3.63) is 0 Å². The van der Waals surface area contributed by atoms with Gasteiger partial charge in [-0.25, -0.2) is 4.79 Å². The van der Waals surface area contributed by atoms with Gasteiger partial charge in [-0.05, 0) is 19.3 Å². The van der Waals surface area contributed by atoms with Crippen LogP contribution in [-0.2, 0) is 9.59 Å². The molecule has 0 aliphatic rings. The van der Waals surface area contributed by atoms with Gasteiger partial charge in [0.25, 0.3) is 0 Å². The zero-order valence-electron chi connectivity index (χ0n) is 10.5. The van der Waals surface area contributed by atoms with E-state index in [1.165, 1.54) is 0 Å². The molecular formula is C12H23NO3. The van der Waals surface area contributed by atoms with E-state index in [1.807, 2.05) is 20.8 Å². The largest absolute Gasteiger partial charge is 0.480 e. The summed E-state index contributed by atoms with van der Waals surface area (Å²) in [5.74, 6) is -1.13. The van der Waals surface area contributed by atoms with Gasteiger partial charge in [0.05, 0.1) is 0 Å². The minimum atomic E-state index is -0.937. The third kappa shape index (κ3) is 5.14. The predicted molar refractivity (Wildman–Crippen MR) is 63.2 cm³/mol. The molecular weight excluding hydrogens is 206 g/mol. The van der Waals surface area contributed by atoms with Gasteiger partial charge in [-0.2, -0.15) is 0 Å². The number of hydrogen-bond donors (Lipinski definition) is 2. The van der Waals surface area contributed by atoms with Crippen LogP contribution in [0.25, 0.3) is 0 Å². The van der Waals surface area contributed by atoms with Crippen molar-refractivity contribution in [3.63, 3.8) is 0 Å². The van der Waals surface area contributed by atoms with Gasteiger partial charge in [-0.1, -0.05) is 33.6 Å². The second kappa shape index (κ2) is 8.13. The zero-order valence-corrected chi connectivity index (χ0v) is 10.5. The van der Waals surface area contributed by atoms with Gasteiger partial charge < -0.3 is 10.4 Å². The van der Waals surface area contributed by atoms with Crippen LogP contribution in [0.1, 0.15) is 52.9 Å². The Morgan fingerprint density at radius 2 is 1.75 bits per heavy atom. The zero-order chi connectivity index (χ0) is 12.6. The standard InChI is InChI=1S/C12H23NO3/c1-4-7-8-10(12(15)16)13-11(14)9(5-2)6-3/h9-10H,4-8H2,1-3H3,(H,13,14)(H,15,16). The maximum Gasteiger partial charge on any atom is 0.326 e. The lowest BCUT2D eigenvalue weighted by Gasteiger charge is -2.18. The molecule has 4 nitrogen and oxygen atoms in total. The Labute approximate surface area is 97.4 Å². The Morgan fingerprint density at radius 1 is 1.19 bits per heavy atom. The van der Waals surface area contributed by atoms with Gasteiger partial charge in [0.2, 0.25) is 5.91 Å². The number of amides is 1. The van der Waals surface area contributed by atoms with E-state index in [0.29, 0.717) is 6.42 Å². The number of nitrogens with one attached hydrogen (secondary N) is 1. The number of carboxylic acids is 1. The highest BCUT2D eigenvalue weighted by molar-refractivity contribution is 5.84. The van der Waals surface area contributed by atoms with E-state index in [1.54, 1.807) is 0 Å². The molecule has 0 aromatic carbocycles. The summed E-state index contributed by atoms with van der Waals surface area (Å²) in [6, 6.07) is -0.729. The van der Waals surface area contributed by atoms with Crippen LogP contribution in [0, 0.1) is 5.92 Å². The van der Waals surface area contributed by atoms with Gasteiger partial charge in [0, 0.05) is 5.92 Å². The molecule has 0 aliphatic heterocycles. The second-order valence-electron chi connectivity index (χ2n) is 4.06. The quantitative estimate of drug-likeness (QED) is 0.670. The minimum absolute atomic E-state index is 0.0662. The van der Waals surface area contributed by atoms with Gasteiger partial charge in [0.1, 0.15) is 6.04 Å². The van der Waals surface area contributed by atoms with Crippen LogP contribution in [0.15, 0.2) is 0 Å². The van der Waals surface area contributed by atoms with Crippen molar-refractivity contribution in [1.29, 1.82) is 0 Å². The molecule has 2 N–H and O–H groups in total. The van der Waals surface area contributed by atoms with Crippen LogP contribution < -0.4 is 5.32 Å². The average molecular weight is 229 g/mol. The molecule has 1 unspecified atom stereocenters. The van der Waals surface area contributed by atoms with E-state index in [9.17, 15) is 9.59 Å². The summed E-state index contributed by atoms with van der Waals surface area (Å²) in [6.45, 7) is 5.88. The lowest BCUT2D eigenvalue weighted by atomic mass is 10.0. The number of aliphatic carboxylic acids is 1. The highest BCUT2D eigenvalue weighted by Gasteiger charge is 2.22. The molecule has 0 saturated heterocycles. The van der Waals surface area contributed by atoms with Crippen molar-refractivity contribution in [3.8, 4) is 0 Å². The molecule has 94 valence electrons. The van der Waals surface area contributed by atoms with Crippen molar-refractivity contribution in [2.45, 2.75) is 58.9 Å². The molecule has 0 radical (unpaired) electrons. The topological polar surface area (TPSA) is 66.4 Å². The first-order valence-electron chi connectivity index (χ1n) is 6.09. The lowest BCUT2D eigenvalue weighted by Crippen LogP contribution is -2.43. The summed E-state index contributed by atoms with van der Waals surface area (Å²) in [5, 5.41) is 11.6. The van der Waals surface area contributed by atoms with Crippen LogP contribution in [0.4, 0.5) is 0 Å². The van der Waals surface area contributed by atoms with E-state index < -0.39 is 12.0 Å². The highest BCUT2D eigenvalue weighted by Crippen LogP contribution is 2.09. The molecule has 0 saturated carbocycles. The fourth-order valence-electron chi connectivity index (χ4n) is 1.61. The molecule has 0 bridgehead atoms. The van der Waals surface area contributed by atoms with Crippen LogP contribution in [-0.4, -0.2) is 23.0 Å². The summed E-state index contributed by atoms with van der Waals surface area (Å²) in [6.07, 6.45) is 3.77. The Bertz CT molecular complexity index is 224. The van der Waals surface area contributed by atoms with Crippen molar-refractivity contribution >= 4 is 11.9 Å². The highest BCUT2D eigenvalue weighted by atomic mass is 16.4. The fourth-order valence-corrected chi connectivity index (χ4v) is 1.61. The summed E-state index contributed by atoms with van der Waals surface area (Å²) in [5.41, 5.74) is 0. The molecule has 0 heterocycles. The Balaban J connectivity index is 4.27. The molecule has 4 heteroatoms. The van der Waals surface area contributed by atoms with Gasteiger partial charge in [-0.15, -0.1) is 0 Å². The van der Waals surface area contributed by atoms with E-state index in [0.717, 1.165) is 25.7 Å². The van der Waals surface area contributed by atoms with Crippen molar-refractivity contribution in [1.82, 2.24) is 5.32 Å². The summed E-state index contributed by atoms with van der Waals surface area (Å²) >= 11 is 0. The van der Waals surface area contributed by atoms with E-state index in [2.05, 4.69) is 5.32 Å². The first-order chi connectivity index (χ1) is 7.56. The first-order valence-corrected chi connectivity index (χ1v) is 6.09. The molecule has 0 fully saturated rings. The van der Waals surface area contributed by atoms with Crippen molar-refractivity contribution in [2.75, 3.05) is 0 Å². The van der Waals surface area contributed by atoms with Crippen LogP contribution in [0.3, 0.4) is 0 Å². The number of carbonyl (C=O) groups excluding carboxylic acids is 1. The molecule has 0 spiro atoms. The van der Waals surface area contributed by atoms with Crippen LogP contribution >= 0.6 is 0 Å². The summed E-state index contributed by atoms with van der Waals surface area (Å²) in [7, 11) is 0. The molecule has 1 atom stereocenters. The van der Waals surface area contributed by atoms with Gasteiger partial charge in [-0.3, -0.25) is 4.79 Å². The van der Waals surface area contributed by atoms with Gasteiger partial charge in [0.15, 0.2) is 0 Å². The van der Waals surface area contributed by atoms with Crippen LogP contribution in [0.5, 0.6) is 0 Å². The number of unbranched alkanes of at least 4 members (excludes halogenated alkanes) is 1. The van der Waals surface area contributed by atoms with E-state index in [4.69, 9.17) is 5.11 Å². The molecule has 16 heavy (non-hydrogen) atoms. The average Bonchev–Trinajstić information content (AvgIpc) is 2.25. The summed E-state index contributed by atoms with van der Waals surface area (Å²) < 4.78 is 0.